The molecule has 3 N–H and O–H groups in total. The van der Waals surface area contributed by atoms with Crippen LogP contribution in [-0.2, 0) is 16.1 Å². The van der Waals surface area contributed by atoms with Gasteiger partial charge in [-0.2, -0.15) is 0 Å². The van der Waals surface area contributed by atoms with Crippen LogP contribution in [0.25, 0.3) is 11.1 Å². The topological polar surface area (TPSA) is 78.7 Å². The quantitative estimate of drug-likeness (QED) is 0.387. The first-order chi connectivity index (χ1) is 18.4. The van der Waals surface area contributed by atoms with Crippen LogP contribution in [0.1, 0.15) is 76.7 Å². The normalized spacial score (nSPS) is 21.1. The van der Waals surface area contributed by atoms with Crippen LogP contribution in [-0.4, -0.2) is 42.4 Å². The van der Waals surface area contributed by atoms with Gasteiger partial charge in [0.2, 0.25) is 11.8 Å². The summed E-state index contributed by atoms with van der Waals surface area (Å²) in [5.41, 5.74) is 11.4. The van der Waals surface area contributed by atoms with Gasteiger partial charge in [0.15, 0.2) is 0 Å². The highest BCUT2D eigenvalue weighted by Gasteiger charge is 2.37. The van der Waals surface area contributed by atoms with Crippen LogP contribution in [0.3, 0.4) is 0 Å². The molecular formula is C32H44N4O2. The molecule has 6 heteroatoms. The van der Waals surface area contributed by atoms with Crippen molar-refractivity contribution >= 4 is 23.2 Å². The van der Waals surface area contributed by atoms with E-state index in [1.54, 1.807) is 0 Å². The molecule has 0 bridgehead atoms. The lowest BCUT2D eigenvalue weighted by Gasteiger charge is -2.36. The molecule has 0 saturated heterocycles. The van der Waals surface area contributed by atoms with Gasteiger partial charge < -0.3 is 20.9 Å². The number of nitrogens with one attached hydrogen (secondary N) is 1. The Bertz CT molecular complexity index is 1130. The number of hydrogen-bond acceptors (Lipinski definition) is 4. The maximum atomic E-state index is 13.3. The average molecular weight is 517 g/mol. The molecule has 38 heavy (non-hydrogen) atoms. The van der Waals surface area contributed by atoms with Gasteiger partial charge in [-0.3, -0.25) is 9.59 Å². The van der Waals surface area contributed by atoms with E-state index in [4.69, 9.17) is 5.73 Å². The van der Waals surface area contributed by atoms with Gasteiger partial charge in [-0.1, -0.05) is 37.6 Å². The molecule has 0 heterocycles. The van der Waals surface area contributed by atoms with E-state index >= 15 is 0 Å². The van der Waals surface area contributed by atoms with Crippen molar-refractivity contribution in [1.29, 1.82) is 0 Å². The molecule has 6 nitrogen and oxygen atoms in total. The smallest absolute Gasteiger partial charge is 0.227 e. The minimum atomic E-state index is 0.127. The summed E-state index contributed by atoms with van der Waals surface area (Å²) in [7, 11) is 2.10. The van der Waals surface area contributed by atoms with Crippen LogP contribution in [0, 0.1) is 11.8 Å². The van der Waals surface area contributed by atoms with E-state index in [2.05, 4.69) is 71.6 Å². The number of amides is 2. The highest BCUT2D eigenvalue weighted by molar-refractivity contribution is 5.98. The van der Waals surface area contributed by atoms with Gasteiger partial charge >= 0.3 is 0 Å². The lowest BCUT2D eigenvalue weighted by atomic mass is 9.90. The second kappa shape index (κ2) is 11.9. The molecule has 5 rings (SSSR count). The van der Waals surface area contributed by atoms with E-state index in [9.17, 15) is 9.59 Å². The fourth-order valence-electron chi connectivity index (χ4n) is 5.66. The molecule has 3 fully saturated rings. The summed E-state index contributed by atoms with van der Waals surface area (Å²) in [5.74, 6) is 0.812. The Labute approximate surface area is 228 Å². The Morgan fingerprint density at radius 2 is 1.63 bits per heavy atom. The molecule has 3 aliphatic carbocycles. The van der Waals surface area contributed by atoms with E-state index in [1.165, 1.54) is 0 Å². The molecule has 0 aromatic heterocycles. The van der Waals surface area contributed by atoms with Crippen LogP contribution >= 0.6 is 0 Å². The second-order valence-corrected chi connectivity index (χ2v) is 11.8. The zero-order valence-corrected chi connectivity index (χ0v) is 23.1. The Morgan fingerprint density at radius 1 is 0.921 bits per heavy atom. The summed E-state index contributed by atoms with van der Waals surface area (Å²) in [5, 5.41) is 3.22. The van der Waals surface area contributed by atoms with E-state index in [0.717, 1.165) is 98.8 Å². The van der Waals surface area contributed by atoms with Crippen molar-refractivity contribution in [1.82, 2.24) is 4.90 Å². The van der Waals surface area contributed by atoms with Crippen molar-refractivity contribution in [2.45, 2.75) is 89.8 Å². The first kappa shape index (κ1) is 26.7. The zero-order valence-electron chi connectivity index (χ0n) is 23.1. The summed E-state index contributed by atoms with van der Waals surface area (Å²) in [6.07, 6.45) is 10.2. The summed E-state index contributed by atoms with van der Waals surface area (Å²) in [4.78, 5) is 30.4. The first-order valence-corrected chi connectivity index (χ1v) is 14.7. The predicted octanol–water partition coefficient (Wildman–Crippen LogP) is 5.95. The van der Waals surface area contributed by atoms with Crippen LogP contribution in [0.15, 0.2) is 42.5 Å². The van der Waals surface area contributed by atoms with Crippen molar-refractivity contribution in [2.75, 3.05) is 23.8 Å². The molecule has 0 aliphatic heterocycles. The Hall–Kier alpha value is -2.86. The van der Waals surface area contributed by atoms with Crippen LogP contribution in [0.5, 0.6) is 0 Å². The highest BCUT2D eigenvalue weighted by Crippen LogP contribution is 2.37. The largest absolute Gasteiger partial charge is 0.373 e. The van der Waals surface area contributed by atoms with Crippen LogP contribution in [0.4, 0.5) is 11.4 Å². The molecule has 2 aromatic carbocycles. The van der Waals surface area contributed by atoms with E-state index in [-0.39, 0.29) is 29.8 Å². The van der Waals surface area contributed by atoms with Crippen molar-refractivity contribution in [2.24, 2.45) is 17.6 Å². The van der Waals surface area contributed by atoms with Gasteiger partial charge in [0.25, 0.3) is 0 Å². The first-order valence-electron chi connectivity index (χ1n) is 14.7. The lowest BCUT2D eigenvalue weighted by molar-refractivity contribution is -0.136. The van der Waals surface area contributed by atoms with Crippen LogP contribution < -0.4 is 16.0 Å². The lowest BCUT2D eigenvalue weighted by Crippen LogP contribution is -2.44. The van der Waals surface area contributed by atoms with Crippen LogP contribution in [0.2, 0.25) is 0 Å². The minimum absolute atomic E-state index is 0.127. The predicted molar refractivity (Wildman–Crippen MR) is 155 cm³/mol. The average Bonchev–Trinajstić information content (AvgIpc) is 3.84. The maximum Gasteiger partial charge on any atom is 0.227 e. The Balaban J connectivity index is 1.38. The number of carbonyl (C=O) groups excluding carboxylic acids is 2. The summed E-state index contributed by atoms with van der Waals surface area (Å²) in [6, 6.07) is 15.5. The number of hydrogen-bond donors (Lipinski definition) is 2. The molecule has 0 unspecified atom stereocenters. The highest BCUT2D eigenvalue weighted by atomic mass is 16.2. The minimum Gasteiger partial charge on any atom is -0.373 e. The van der Waals surface area contributed by atoms with Crippen molar-refractivity contribution in [3.05, 3.63) is 48.0 Å². The number of benzene rings is 2. The summed E-state index contributed by atoms with van der Waals surface area (Å²) < 4.78 is 0. The number of rotatable bonds is 11. The SMILES string of the molecule is CCCCN(C)c1ccc(-c2cccc(CN(C(=O)C3CC3)C3CCC(N)CC3)c2)cc1NC(=O)C1CC1. The molecule has 2 aromatic rings. The Morgan fingerprint density at radius 3 is 2.32 bits per heavy atom. The van der Waals surface area contributed by atoms with E-state index in [1.807, 2.05) is 0 Å². The third kappa shape index (κ3) is 6.58. The maximum absolute atomic E-state index is 13.3. The third-order valence-corrected chi connectivity index (χ3v) is 8.47. The van der Waals surface area contributed by atoms with Gasteiger partial charge in [-0.05, 0) is 92.7 Å². The number of nitrogens with two attached hydrogens (primary N) is 1. The fourth-order valence-corrected chi connectivity index (χ4v) is 5.66. The van der Waals surface area contributed by atoms with Gasteiger partial charge in [0, 0.05) is 44.1 Å². The monoisotopic (exact) mass is 516 g/mol. The number of nitrogens with zero attached hydrogens (tertiary/aromatic N) is 2. The van der Waals surface area contributed by atoms with Crippen molar-refractivity contribution in [3.8, 4) is 11.1 Å². The van der Waals surface area contributed by atoms with Crippen molar-refractivity contribution < 1.29 is 9.59 Å². The summed E-state index contributed by atoms with van der Waals surface area (Å²) in [6.45, 7) is 3.79. The molecule has 0 atom stereocenters. The van der Waals surface area contributed by atoms with E-state index < -0.39 is 0 Å². The number of unbranched alkanes of at least 4 members (excludes halogenated alkanes) is 1. The summed E-state index contributed by atoms with van der Waals surface area (Å²) >= 11 is 0. The third-order valence-electron chi connectivity index (χ3n) is 8.47. The van der Waals surface area contributed by atoms with Gasteiger partial charge in [-0.25, -0.2) is 0 Å². The molecule has 0 spiro atoms. The van der Waals surface area contributed by atoms with Gasteiger partial charge in [-0.15, -0.1) is 0 Å². The zero-order chi connectivity index (χ0) is 26.6. The number of carbonyl (C=O) groups is 2. The molecule has 3 saturated carbocycles. The fraction of sp³-hybridized carbons (Fsp3) is 0.562. The standard InChI is InChI=1S/C32H44N4O2/c1-3-4-18-35(2)30-17-12-26(20-29(30)34-31(37)23-8-9-23)25-7-5-6-22(19-25)21-36(32(38)24-10-11-24)28-15-13-27(33)14-16-28/h5-7,12,17,19-20,23-24,27-28H,3-4,8-11,13-16,18,21,33H2,1-2H3,(H,34,37). The Kier molecular flexibility index (Phi) is 8.37. The molecule has 2 amide bonds. The van der Waals surface area contributed by atoms with Crippen molar-refractivity contribution in [3.63, 3.8) is 0 Å². The second-order valence-electron chi connectivity index (χ2n) is 11.8. The molecule has 3 aliphatic rings. The molecular weight excluding hydrogens is 472 g/mol. The number of anilines is 2. The van der Waals surface area contributed by atoms with Gasteiger partial charge in [0.05, 0.1) is 11.4 Å². The molecule has 204 valence electrons. The van der Waals surface area contributed by atoms with E-state index in [0.29, 0.717) is 12.5 Å². The van der Waals surface area contributed by atoms with Gasteiger partial charge in [0.1, 0.15) is 0 Å². The molecule has 0 radical (unpaired) electrons.